The summed E-state index contributed by atoms with van der Waals surface area (Å²) in [6.45, 7) is 0. The number of rotatable bonds is 1. The highest BCUT2D eigenvalue weighted by molar-refractivity contribution is 6.41. The highest BCUT2D eigenvalue weighted by Crippen LogP contribution is 2.16. The molecule has 84 valence electrons. The van der Waals surface area contributed by atoms with Gasteiger partial charge in [-0.15, -0.1) is 0 Å². The van der Waals surface area contributed by atoms with Gasteiger partial charge < -0.3 is 0 Å². The molecule has 1 aromatic carbocycles. The van der Waals surface area contributed by atoms with Crippen LogP contribution < -0.4 is 5.56 Å². The molecule has 2 rings (SSSR count). The number of nitriles is 1. The van der Waals surface area contributed by atoms with Crippen molar-refractivity contribution in [1.82, 2.24) is 9.78 Å². The minimum absolute atomic E-state index is 0.0935. The molecule has 17 heavy (non-hydrogen) atoms. The van der Waals surface area contributed by atoms with E-state index in [-0.39, 0.29) is 10.0 Å². The lowest BCUT2D eigenvalue weighted by Crippen LogP contribution is -2.21. The van der Waals surface area contributed by atoms with E-state index in [4.69, 9.17) is 28.5 Å². The van der Waals surface area contributed by atoms with Crippen LogP contribution in [0.1, 0.15) is 5.56 Å². The molecule has 0 saturated heterocycles. The Morgan fingerprint density at radius 2 is 2.12 bits per heavy atom. The van der Waals surface area contributed by atoms with Crippen LogP contribution in [0.3, 0.4) is 0 Å². The fourth-order valence-electron chi connectivity index (χ4n) is 1.30. The Bertz CT molecular complexity index is 673. The van der Waals surface area contributed by atoms with Crippen molar-refractivity contribution in [3.8, 4) is 11.8 Å². The van der Waals surface area contributed by atoms with E-state index in [1.54, 1.807) is 24.3 Å². The first kappa shape index (κ1) is 11.6. The molecule has 0 radical (unpaired) electrons. The zero-order chi connectivity index (χ0) is 12.4. The zero-order valence-corrected chi connectivity index (χ0v) is 9.90. The van der Waals surface area contributed by atoms with Crippen LogP contribution in [-0.2, 0) is 0 Å². The van der Waals surface area contributed by atoms with Crippen LogP contribution in [-0.4, -0.2) is 9.78 Å². The summed E-state index contributed by atoms with van der Waals surface area (Å²) in [4.78, 5) is 11.8. The van der Waals surface area contributed by atoms with Crippen molar-refractivity contribution in [2.45, 2.75) is 0 Å². The normalized spacial score (nSPS) is 9.94. The first-order chi connectivity index (χ1) is 8.13. The second-order valence-electron chi connectivity index (χ2n) is 3.19. The van der Waals surface area contributed by atoms with Crippen LogP contribution in [0.15, 0.2) is 35.3 Å². The largest absolute Gasteiger partial charge is 0.291 e. The van der Waals surface area contributed by atoms with Gasteiger partial charge in [-0.2, -0.15) is 15.0 Å². The summed E-state index contributed by atoms with van der Waals surface area (Å²) < 4.78 is 1.09. The molecule has 0 N–H and O–H groups in total. The molecule has 0 fully saturated rings. The molecular formula is C11H5Cl2N3O. The lowest BCUT2D eigenvalue weighted by molar-refractivity contribution is 0.807. The van der Waals surface area contributed by atoms with Crippen molar-refractivity contribution >= 4 is 23.2 Å². The standard InChI is InChI=1S/C11H5Cl2N3O/c12-9-6-15-16(11(17)10(9)13)8-3-1-2-7(4-8)5-14/h1-4,6H. The van der Waals surface area contributed by atoms with E-state index in [2.05, 4.69) is 5.10 Å². The van der Waals surface area contributed by atoms with E-state index in [9.17, 15) is 4.79 Å². The van der Waals surface area contributed by atoms with Gasteiger partial charge in [0.15, 0.2) is 0 Å². The Balaban J connectivity index is 2.66. The Kier molecular flexibility index (Phi) is 3.14. The first-order valence-electron chi connectivity index (χ1n) is 4.57. The molecule has 2 aromatic rings. The van der Waals surface area contributed by atoms with Gasteiger partial charge in [0.1, 0.15) is 5.02 Å². The molecular weight excluding hydrogens is 261 g/mol. The molecule has 1 heterocycles. The van der Waals surface area contributed by atoms with Crippen molar-refractivity contribution in [2.75, 3.05) is 0 Å². The van der Waals surface area contributed by atoms with E-state index in [0.29, 0.717) is 11.3 Å². The SMILES string of the molecule is N#Cc1cccc(-n2ncc(Cl)c(Cl)c2=O)c1. The van der Waals surface area contributed by atoms with Crippen molar-refractivity contribution in [2.24, 2.45) is 0 Å². The quantitative estimate of drug-likeness (QED) is 0.796. The van der Waals surface area contributed by atoms with E-state index >= 15 is 0 Å². The molecule has 0 atom stereocenters. The highest BCUT2D eigenvalue weighted by atomic mass is 35.5. The maximum absolute atomic E-state index is 11.8. The van der Waals surface area contributed by atoms with Crippen LogP contribution in [0.4, 0.5) is 0 Å². The molecule has 0 aliphatic carbocycles. The van der Waals surface area contributed by atoms with Gasteiger partial charge in [-0.05, 0) is 18.2 Å². The predicted octanol–water partition coefficient (Wildman–Crippen LogP) is 2.41. The number of hydrogen-bond acceptors (Lipinski definition) is 3. The van der Waals surface area contributed by atoms with E-state index in [1.165, 1.54) is 6.20 Å². The zero-order valence-electron chi connectivity index (χ0n) is 8.39. The Morgan fingerprint density at radius 1 is 1.35 bits per heavy atom. The van der Waals surface area contributed by atoms with Crippen LogP contribution in [0, 0.1) is 11.3 Å². The number of nitrogens with zero attached hydrogens (tertiary/aromatic N) is 3. The van der Waals surface area contributed by atoms with E-state index in [0.717, 1.165) is 4.68 Å². The third kappa shape index (κ3) is 2.16. The summed E-state index contributed by atoms with van der Waals surface area (Å²) in [5, 5.41) is 12.6. The third-order valence-electron chi connectivity index (χ3n) is 2.10. The van der Waals surface area contributed by atoms with Gasteiger partial charge >= 0.3 is 0 Å². The topological polar surface area (TPSA) is 58.7 Å². The van der Waals surface area contributed by atoms with Crippen molar-refractivity contribution < 1.29 is 0 Å². The Morgan fingerprint density at radius 3 is 2.82 bits per heavy atom. The number of benzene rings is 1. The van der Waals surface area contributed by atoms with Gasteiger partial charge in [0.2, 0.25) is 0 Å². The molecule has 1 aromatic heterocycles. The number of aromatic nitrogens is 2. The monoisotopic (exact) mass is 265 g/mol. The molecule has 0 bridgehead atoms. The number of halogens is 2. The first-order valence-corrected chi connectivity index (χ1v) is 5.33. The van der Waals surface area contributed by atoms with E-state index in [1.807, 2.05) is 6.07 Å². The molecule has 0 aliphatic rings. The van der Waals surface area contributed by atoms with Crippen LogP contribution >= 0.6 is 23.2 Å². The third-order valence-corrected chi connectivity index (χ3v) is 2.84. The fourth-order valence-corrected chi connectivity index (χ4v) is 1.56. The van der Waals surface area contributed by atoms with Crippen molar-refractivity contribution in [3.63, 3.8) is 0 Å². The molecule has 0 spiro atoms. The predicted molar refractivity (Wildman–Crippen MR) is 64.6 cm³/mol. The summed E-state index contributed by atoms with van der Waals surface area (Å²) in [6, 6.07) is 8.46. The van der Waals surface area contributed by atoms with Gasteiger partial charge in [0, 0.05) is 0 Å². The summed E-state index contributed by atoms with van der Waals surface area (Å²) in [5.41, 5.74) is 0.379. The van der Waals surface area contributed by atoms with Crippen LogP contribution in [0.25, 0.3) is 5.69 Å². The Labute approximate surface area is 107 Å². The smallest absolute Gasteiger partial charge is 0.266 e. The lowest BCUT2D eigenvalue weighted by atomic mass is 10.2. The average Bonchev–Trinajstić information content (AvgIpc) is 2.36. The summed E-state index contributed by atoms with van der Waals surface area (Å²) in [6.07, 6.45) is 1.28. The van der Waals surface area contributed by atoms with Gasteiger partial charge in [0.05, 0.1) is 28.5 Å². The fraction of sp³-hybridized carbons (Fsp3) is 0. The minimum Gasteiger partial charge on any atom is -0.266 e. The van der Waals surface area contributed by atoms with E-state index < -0.39 is 5.56 Å². The minimum atomic E-state index is -0.519. The van der Waals surface area contributed by atoms with Crippen LogP contribution in [0.2, 0.25) is 10.0 Å². The van der Waals surface area contributed by atoms with Gasteiger partial charge in [-0.1, -0.05) is 29.3 Å². The molecule has 0 saturated carbocycles. The highest BCUT2D eigenvalue weighted by Gasteiger charge is 2.09. The van der Waals surface area contributed by atoms with Crippen LogP contribution in [0.5, 0.6) is 0 Å². The van der Waals surface area contributed by atoms with Gasteiger partial charge in [-0.3, -0.25) is 4.79 Å². The number of hydrogen-bond donors (Lipinski definition) is 0. The van der Waals surface area contributed by atoms with Gasteiger partial charge in [0.25, 0.3) is 5.56 Å². The summed E-state index contributed by atoms with van der Waals surface area (Å²) in [5.74, 6) is 0. The summed E-state index contributed by atoms with van der Waals surface area (Å²) in [7, 11) is 0. The molecule has 0 unspecified atom stereocenters. The molecule has 6 heteroatoms. The van der Waals surface area contributed by atoms with Gasteiger partial charge in [-0.25, -0.2) is 0 Å². The second kappa shape index (κ2) is 4.58. The van der Waals surface area contributed by atoms with Crippen molar-refractivity contribution in [1.29, 1.82) is 5.26 Å². The maximum atomic E-state index is 11.8. The second-order valence-corrected chi connectivity index (χ2v) is 3.97. The lowest BCUT2D eigenvalue weighted by Gasteiger charge is -2.05. The molecule has 4 nitrogen and oxygen atoms in total. The summed E-state index contributed by atoms with van der Waals surface area (Å²) >= 11 is 11.4. The molecule has 0 amide bonds. The Hall–Kier alpha value is -1.83. The molecule has 0 aliphatic heterocycles. The van der Waals surface area contributed by atoms with Crippen molar-refractivity contribution in [3.05, 3.63) is 56.4 Å². The average molecular weight is 266 g/mol. The maximum Gasteiger partial charge on any atom is 0.291 e.